The number of amides is 2. The molecule has 5 rings (SSSR count). The second-order valence-electron chi connectivity index (χ2n) is 7.65. The molecule has 8 nitrogen and oxygen atoms in total. The van der Waals surface area contributed by atoms with E-state index in [0.29, 0.717) is 11.7 Å². The average molecular weight is 400 g/mol. The van der Waals surface area contributed by atoms with Crippen LogP contribution in [0.4, 0.5) is 5.13 Å². The number of nitrogens with one attached hydrogen (secondary N) is 1. The van der Waals surface area contributed by atoms with E-state index >= 15 is 0 Å². The molecule has 2 N–H and O–H groups in total. The number of carbonyl (C=O) groups excluding carboxylic acids is 2. The maximum Gasteiger partial charge on any atom is 0.250 e. The minimum absolute atomic E-state index is 0.0602. The quantitative estimate of drug-likeness (QED) is 0.792. The second kappa shape index (κ2) is 6.52. The molecular weight excluding hydrogens is 380 g/mol. The molecule has 2 aliphatic heterocycles. The van der Waals surface area contributed by atoms with E-state index < -0.39 is 12.0 Å². The first-order valence-electron chi connectivity index (χ1n) is 9.43. The summed E-state index contributed by atoms with van der Waals surface area (Å²) < 4.78 is 1.67. The van der Waals surface area contributed by atoms with Crippen molar-refractivity contribution in [2.75, 3.05) is 11.9 Å². The summed E-state index contributed by atoms with van der Waals surface area (Å²) in [5.41, 5.74) is 0.626. The number of carbonyl (C=O) groups is 2. The van der Waals surface area contributed by atoms with Gasteiger partial charge in [-0.1, -0.05) is 6.07 Å². The Kier molecular flexibility index (Phi) is 4.09. The molecule has 4 atom stereocenters. The van der Waals surface area contributed by atoms with Gasteiger partial charge in [-0.05, 0) is 18.9 Å². The van der Waals surface area contributed by atoms with Crippen LogP contribution in [0.3, 0.4) is 0 Å². The summed E-state index contributed by atoms with van der Waals surface area (Å²) in [4.78, 5) is 44.4. The van der Waals surface area contributed by atoms with Crippen LogP contribution in [0.5, 0.6) is 0 Å². The number of thiazole rings is 1. The standard InChI is InChI=1S/C19H20N4O4S/c24-9-12-11-8-22-13(2-1-3-14(22)25)15(11)23(18(27)10-4-5-10)16(12)17(26)21-19-20-6-7-28-19/h1-3,6-7,10-12,15-16,24H,4-5,8-9H2,(H,20,21,26)/t11-,12-,15+,16-/m0/s1. The van der Waals surface area contributed by atoms with Gasteiger partial charge in [0.15, 0.2) is 5.13 Å². The van der Waals surface area contributed by atoms with Gasteiger partial charge in [0.1, 0.15) is 6.04 Å². The number of hydrogen-bond donors (Lipinski definition) is 2. The molecule has 0 spiro atoms. The summed E-state index contributed by atoms with van der Waals surface area (Å²) in [5.74, 6) is -1.07. The topological polar surface area (TPSA) is 105 Å². The zero-order chi connectivity index (χ0) is 19.4. The first-order chi connectivity index (χ1) is 13.6. The van der Waals surface area contributed by atoms with Crippen molar-refractivity contribution in [1.29, 1.82) is 0 Å². The van der Waals surface area contributed by atoms with Gasteiger partial charge in [-0.2, -0.15) is 0 Å². The number of anilines is 1. The fourth-order valence-electron chi connectivity index (χ4n) is 4.69. The third-order valence-corrected chi connectivity index (χ3v) is 6.75. The third kappa shape index (κ3) is 2.61. The van der Waals surface area contributed by atoms with Crippen molar-refractivity contribution in [1.82, 2.24) is 14.5 Å². The molecule has 2 amide bonds. The Hall–Kier alpha value is -2.52. The average Bonchev–Trinajstić information content (AvgIpc) is 3.13. The Bertz CT molecular complexity index is 984. The molecule has 9 heteroatoms. The molecule has 2 aromatic heterocycles. The fourth-order valence-corrected chi connectivity index (χ4v) is 5.22. The Labute approximate surface area is 164 Å². The number of pyridine rings is 1. The molecule has 2 aromatic rings. The van der Waals surface area contributed by atoms with Crippen LogP contribution in [0.1, 0.15) is 24.6 Å². The number of aliphatic hydroxyl groups excluding tert-OH is 1. The van der Waals surface area contributed by atoms with Crippen molar-refractivity contribution >= 4 is 28.3 Å². The van der Waals surface area contributed by atoms with Gasteiger partial charge in [0.05, 0.1) is 6.04 Å². The minimum atomic E-state index is -0.777. The molecule has 1 saturated carbocycles. The van der Waals surface area contributed by atoms with E-state index in [-0.39, 0.29) is 41.9 Å². The maximum absolute atomic E-state index is 13.2. The number of rotatable bonds is 4. The lowest BCUT2D eigenvalue weighted by molar-refractivity contribution is -0.141. The SMILES string of the molecule is O=C(Nc1nccs1)[C@@H]1[C@@H](CO)[C@@H]2Cn3c(cccc3=O)[C@@H]2N1C(=O)C1CC1. The fraction of sp³-hybridized carbons (Fsp3) is 0.474. The first-order valence-corrected chi connectivity index (χ1v) is 10.3. The van der Waals surface area contributed by atoms with E-state index in [4.69, 9.17) is 0 Å². The normalized spacial score (nSPS) is 28.1. The van der Waals surface area contributed by atoms with Crippen LogP contribution in [0, 0.1) is 17.8 Å². The monoisotopic (exact) mass is 400 g/mol. The molecule has 4 heterocycles. The van der Waals surface area contributed by atoms with Gasteiger partial charge < -0.3 is 19.9 Å². The molecule has 146 valence electrons. The Morgan fingerprint density at radius 2 is 2.14 bits per heavy atom. The lowest BCUT2D eigenvalue weighted by atomic mass is 9.88. The summed E-state index contributed by atoms with van der Waals surface area (Å²) in [5, 5.41) is 15.2. The smallest absolute Gasteiger partial charge is 0.250 e. The lowest BCUT2D eigenvalue weighted by Crippen LogP contribution is -2.48. The number of hydrogen-bond acceptors (Lipinski definition) is 6. The van der Waals surface area contributed by atoms with Crippen molar-refractivity contribution in [2.45, 2.75) is 31.5 Å². The number of likely N-dealkylation sites (tertiary alicyclic amines) is 1. The highest BCUT2D eigenvalue weighted by molar-refractivity contribution is 7.13. The Morgan fingerprint density at radius 1 is 1.32 bits per heavy atom. The molecule has 0 unspecified atom stereocenters. The summed E-state index contributed by atoms with van der Waals surface area (Å²) >= 11 is 1.30. The Balaban J connectivity index is 1.57. The number of aromatic nitrogens is 2. The van der Waals surface area contributed by atoms with Crippen LogP contribution < -0.4 is 10.9 Å². The van der Waals surface area contributed by atoms with Gasteiger partial charge in [0.25, 0.3) is 5.56 Å². The zero-order valence-corrected chi connectivity index (χ0v) is 15.8. The largest absolute Gasteiger partial charge is 0.396 e. The van der Waals surface area contributed by atoms with Crippen molar-refractivity contribution in [2.24, 2.45) is 17.8 Å². The van der Waals surface area contributed by atoms with Crippen LogP contribution in [0.2, 0.25) is 0 Å². The molecule has 28 heavy (non-hydrogen) atoms. The summed E-state index contributed by atoms with van der Waals surface area (Å²) in [7, 11) is 0. The third-order valence-electron chi connectivity index (χ3n) is 6.06. The molecular formula is C19H20N4O4S. The van der Waals surface area contributed by atoms with E-state index in [1.807, 2.05) is 6.07 Å². The number of fused-ring (bicyclic) bond motifs is 3. The molecule has 1 saturated heterocycles. The van der Waals surface area contributed by atoms with Crippen LogP contribution >= 0.6 is 11.3 Å². The van der Waals surface area contributed by atoms with E-state index in [2.05, 4.69) is 10.3 Å². The Morgan fingerprint density at radius 3 is 2.82 bits per heavy atom. The number of aliphatic hydroxyl groups is 1. The molecule has 0 aromatic carbocycles. The summed E-state index contributed by atoms with van der Waals surface area (Å²) in [6, 6.07) is 3.88. The highest BCUT2D eigenvalue weighted by Gasteiger charge is 2.58. The van der Waals surface area contributed by atoms with Gasteiger partial charge in [-0.15, -0.1) is 11.3 Å². The van der Waals surface area contributed by atoms with Crippen molar-refractivity contribution in [3.8, 4) is 0 Å². The van der Waals surface area contributed by atoms with E-state index in [1.54, 1.807) is 27.1 Å². The van der Waals surface area contributed by atoms with Crippen molar-refractivity contribution in [3.05, 3.63) is 45.8 Å². The van der Waals surface area contributed by atoms with Crippen LogP contribution in [0.15, 0.2) is 34.6 Å². The lowest BCUT2D eigenvalue weighted by Gasteiger charge is -2.30. The van der Waals surface area contributed by atoms with Gasteiger partial charge in [-0.3, -0.25) is 14.4 Å². The zero-order valence-electron chi connectivity index (χ0n) is 15.0. The van der Waals surface area contributed by atoms with Crippen molar-refractivity contribution < 1.29 is 14.7 Å². The predicted molar refractivity (Wildman–Crippen MR) is 102 cm³/mol. The van der Waals surface area contributed by atoms with E-state index in [1.165, 1.54) is 17.4 Å². The van der Waals surface area contributed by atoms with Crippen LogP contribution in [0.25, 0.3) is 0 Å². The van der Waals surface area contributed by atoms with Gasteiger partial charge in [0, 0.05) is 54.2 Å². The molecule has 2 fully saturated rings. The minimum Gasteiger partial charge on any atom is -0.396 e. The summed E-state index contributed by atoms with van der Waals surface area (Å²) in [6.07, 6.45) is 3.24. The predicted octanol–water partition coefficient (Wildman–Crippen LogP) is 0.844. The first kappa shape index (κ1) is 17.6. The molecule has 3 aliphatic rings. The maximum atomic E-state index is 13.2. The van der Waals surface area contributed by atoms with Gasteiger partial charge in [-0.25, -0.2) is 4.98 Å². The highest BCUT2D eigenvalue weighted by Crippen LogP contribution is 2.51. The highest BCUT2D eigenvalue weighted by atomic mass is 32.1. The summed E-state index contributed by atoms with van der Waals surface area (Å²) in [6.45, 7) is 0.175. The van der Waals surface area contributed by atoms with Crippen LogP contribution in [-0.4, -0.2) is 44.0 Å². The molecule has 1 aliphatic carbocycles. The van der Waals surface area contributed by atoms with Gasteiger partial charge >= 0.3 is 0 Å². The van der Waals surface area contributed by atoms with E-state index in [9.17, 15) is 19.5 Å². The molecule has 0 bridgehead atoms. The van der Waals surface area contributed by atoms with E-state index in [0.717, 1.165) is 18.5 Å². The second-order valence-corrected chi connectivity index (χ2v) is 8.54. The van der Waals surface area contributed by atoms with Crippen molar-refractivity contribution in [3.63, 3.8) is 0 Å². The number of nitrogens with zero attached hydrogens (tertiary/aromatic N) is 3. The van der Waals surface area contributed by atoms with Crippen LogP contribution in [-0.2, 0) is 16.1 Å². The molecule has 0 radical (unpaired) electrons. The van der Waals surface area contributed by atoms with Gasteiger partial charge in [0.2, 0.25) is 11.8 Å².